The Morgan fingerprint density at radius 2 is 2.00 bits per heavy atom. The fourth-order valence-electron chi connectivity index (χ4n) is 4.10. The van der Waals surface area contributed by atoms with Crippen LogP contribution in [0.4, 0.5) is 0 Å². The largest absolute Gasteiger partial charge is 0.481 e. The first-order chi connectivity index (χ1) is 13.5. The lowest BCUT2D eigenvalue weighted by Gasteiger charge is -2.42. The minimum Gasteiger partial charge on any atom is -0.481 e. The summed E-state index contributed by atoms with van der Waals surface area (Å²) in [6.07, 6.45) is 2.09. The van der Waals surface area contributed by atoms with Crippen molar-refractivity contribution in [1.29, 1.82) is 0 Å². The Balaban J connectivity index is 1.72. The number of amides is 2. The summed E-state index contributed by atoms with van der Waals surface area (Å²) in [6, 6.07) is 8.98. The van der Waals surface area contributed by atoms with Crippen LogP contribution in [0.25, 0.3) is 0 Å². The van der Waals surface area contributed by atoms with Crippen molar-refractivity contribution in [2.24, 2.45) is 5.92 Å². The molecule has 2 amide bonds. The van der Waals surface area contributed by atoms with Crippen molar-refractivity contribution >= 4 is 17.8 Å². The summed E-state index contributed by atoms with van der Waals surface area (Å²) in [5.41, 5.74) is 0.973. The summed E-state index contributed by atoms with van der Waals surface area (Å²) in [5, 5.41) is 8.92. The number of aliphatic carboxylic acids is 1. The predicted octanol–water partition coefficient (Wildman–Crippen LogP) is 1.91. The van der Waals surface area contributed by atoms with Crippen molar-refractivity contribution in [3.05, 3.63) is 35.9 Å². The van der Waals surface area contributed by atoms with Crippen LogP contribution in [0.5, 0.6) is 0 Å². The number of benzene rings is 1. The molecule has 3 atom stereocenters. The number of carbonyl (C=O) groups is 3. The van der Waals surface area contributed by atoms with Gasteiger partial charge in [-0.1, -0.05) is 30.3 Å². The molecule has 7 nitrogen and oxygen atoms in total. The number of carbonyl (C=O) groups excluding carboxylic acids is 2. The lowest BCUT2D eigenvalue weighted by Crippen LogP contribution is -2.61. The molecule has 152 valence electrons. The van der Waals surface area contributed by atoms with Crippen LogP contribution in [-0.4, -0.2) is 64.5 Å². The molecule has 1 N–H and O–H groups in total. The Kier molecular flexibility index (Phi) is 6.67. The lowest BCUT2D eigenvalue weighted by atomic mass is 9.92. The zero-order valence-electron chi connectivity index (χ0n) is 16.3. The van der Waals surface area contributed by atoms with Crippen molar-refractivity contribution in [3.8, 4) is 0 Å². The average Bonchev–Trinajstić information content (AvgIpc) is 2.70. The van der Waals surface area contributed by atoms with Gasteiger partial charge in [-0.05, 0) is 37.7 Å². The van der Waals surface area contributed by atoms with Gasteiger partial charge in [0.25, 0.3) is 0 Å². The third kappa shape index (κ3) is 4.90. The molecule has 2 heterocycles. The van der Waals surface area contributed by atoms with Gasteiger partial charge in [-0.25, -0.2) is 0 Å². The Labute approximate surface area is 165 Å². The number of carboxylic acid groups (broad SMARTS) is 1. The Bertz CT molecular complexity index is 708. The number of nitrogens with zero attached hydrogens (tertiary/aromatic N) is 2. The van der Waals surface area contributed by atoms with E-state index in [1.54, 1.807) is 9.80 Å². The molecule has 0 saturated carbocycles. The zero-order chi connectivity index (χ0) is 20.1. The average molecular weight is 388 g/mol. The molecule has 0 aromatic heterocycles. The van der Waals surface area contributed by atoms with E-state index in [2.05, 4.69) is 0 Å². The molecule has 0 radical (unpaired) electrons. The van der Waals surface area contributed by atoms with E-state index in [9.17, 15) is 14.4 Å². The summed E-state index contributed by atoms with van der Waals surface area (Å²) in [6.45, 7) is 3.37. The molecule has 3 rings (SSSR count). The number of carboxylic acids is 1. The zero-order valence-corrected chi connectivity index (χ0v) is 16.3. The van der Waals surface area contributed by atoms with Gasteiger partial charge >= 0.3 is 5.97 Å². The first-order valence-electron chi connectivity index (χ1n) is 9.91. The number of morpholine rings is 1. The second-order valence-corrected chi connectivity index (χ2v) is 7.69. The van der Waals surface area contributed by atoms with Crippen LogP contribution in [-0.2, 0) is 25.7 Å². The van der Waals surface area contributed by atoms with Crippen molar-refractivity contribution in [2.45, 2.75) is 51.3 Å². The van der Waals surface area contributed by atoms with Gasteiger partial charge in [-0.3, -0.25) is 14.4 Å². The molecule has 0 aliphatic carbocycles. The van der Waals surface area contributed by atoms with Gasteiger partial charge in [0.05, 0.1) is 6.10 Å². The highest BCUT2D eigenvalue weighted by Gasteiger charge is 2.42. The fraction of sp³-hybridized carbons (Fsp3) is 0.571. The van der Waals surface area contributed by atoms with E-state index < -0.39 is 12.0 Å². The molecule has 2 fully saturated rings. The van der Waals surface area contributed by atoms with Crippen LogP contribution in [0.15, 0.2) is 30.3 Å². The number of likely N-dealkylation sites (tertiary alicyclic amines) is 1. The van der Waals surface area contributed by atoms with Crippen molar-refractivity contribution in [1.82, 2.24) is 9.80 Å². The summed E-state index contributed by atoms with van der Waals surface area (Å²) in [4.78, 5) is 40.2. The molecule has 7 heteroatoms. The first-order valence-corrected chi connectivity index (χ1v) is 9.91. The third-order valence-corrected chi connectivity index (χ3v) is 5.62. The highest BCUT2D eigenvalue weighted by atomic mass is 16.5. The van der Waals surface area contributed by atoms with E-state index in [1.807, 2.05) is 37.3 Å². The molecular formula is C21H28N2O5. The molecule has 1 aromatic carbocycles. The maximum absolute atomic E-state index is 13.3. The summed E-state index contributed by atoms with van der Waals surface area (Å²) >= 11 is 0. The van der Waals surface area contributed by atoms with Gasteiger partial charge in [0, 0.05) is 26.1 Å². The summed E-state index contributed by atoms with van der Waals surface area (Å²) in [5.74, 6) is -0.902. The quantitative estimate of drug-likeness (QED) is 0.804. The lowest BCUT2D eigenvalue weighted by molar-refractivity contribution is -0.168. The maximum atomic E-state index is 13.3. The van der Waals surface area contributed by atoms with Crippen LogP contribution >= 0.6 is 0 Å². The number of hydrogen-bond acceptors (Lipinski definition) is 4. The first kappa shape index (κ1) is 20.3. The molecule has 2 saturated heterocycles. The normalized spacial score (nSPS) is 25.6. The molecule has 0 spiro atoms. The molecule has 28 heavy (non-hydrogen) atoms. The van der Waals surface area contributed by atoms with Crippen LogP contribution in [0.3, 0.4) is 0 Å². The van der Waals surface area contributed by atoms with E-state index in [-0.39, 0.29) is 36.9 Å². The smallest absolute Gasteiger partial charge is 0.303 e. The number of rotatable bonds is 6. The minimum atomic E-state index is -0.808. The third-order valence-electron chi connectivity index (χ3n) is 5.62. The van der Waals surface area contributed by atoms with E-state index in [4.69, 9.17) is 9.84 Å². The maximum Gasteiger partial charge on any atom is 0.303 e. The van der Waals surface area contributed by atoms with Gasteiger partial charge in [-0.15, -0.1) is 0 Å². The monoisotopic (exact) mass is 388 g/mol. The van der Waals surface area contributed by atoms with E-state index in [1.165, 1.54) is 0 Å². The highest BCUT2D eigenvalue weighted by Crippen LogP contribution is 2.25. The van der Waals surface area contributed by atoms with Crippen LogP contribution < -0.4 is 0 Å². The highest BCUT2D eigenvalue weighted by molar-refractivity contribution is 5.89. The van der Waals surface area contributed by atoms with Gasteiger partial charge in [0.2, 0.25) is 11.8 Å². The second-order valence-electron chi connectivity index (χ2n) is 7.69. The Morgan fingerprint density at radius 1 is 1.25 bits per heavy atom. The molecule has 1 aromatic rings. The molecule has 1 unspecified atom stereocenters. The second kappa shape index (κ2) is 9.19. The van der Waals surface area contributed by atoms with Crippen molar-refractivity contribution in [2.75, 3.05) is 19.7 Å². The van der Waals surface area contributed by atoms with Gasteiger partial charge in [-0.2, -0.15) is 0 Å². The van der Waals surface area contributed by atoms with Crippen molar-refractivity contribution in [3.63, 3.8) is 0 Å². The van der Waals surface area contributed by atoms with Crippen LogP contribution in [0.2, 0.25) is 0 Å². The predicted molar refractivity (Wildman–Crippen MR) is 102 cm³/mol. The Morgan fingerprint density at radius 3 is 2.71 bits per heavy atom. The number of piperidine rings is 1. The van der Waals surface area contributed by atoms with Crippen molar-refractivity contribution < 1.29 is 24.2 Å². The topological polar surface area (TPSA) is 87.2 Å². The number of hydrogen-bond donors (Lipinski definition) is 1. The van der Waals surface area contributed by atoms with E-state index >= 15 is 0 Å². The molecular weight excluding hydrogens is 360 g/mol. The molecule has 2 aliphatic rings. The van der Waals surface area contributed by atoms with E-state index in [0.29, 0.717) is 26.1 Å². The van der Waals surface area contributed by atoms with Gasteiger partial charge < -0.3 is 19.6 Å². The van der Waals surface area contributed by atoms with Gasteiger partial charge in [0.15, 0.2) is 0 Å². The standard InChI is InChI=1S/C21H28N2O5/c1-15-20(21(27)22-11-5-8-17(12-22)9-10-19(25)26)23(18(24)14-28-15)13-16-6-3-2-4-7-16/h2-4,6-7,15,17,20H,5,8-14H2,1H3,(H,25,26)/t15-,17?,20+/m1/s1. The minimum absolute atomic E-state index is 0.0149. The van der Waals surface area contributed by atoms with Crippen LogP contribution in [0, 0.1) is 5.92 Å². The fourth-order valence-corrected chi connectivity index (χ4v) is 4.10. The van der Waals surface area contributed by atoms with Crippen LogP contribution in [0.1, 0.15) is 38.2 Å². The molecule has 0 bridgehead atoms. The summed E-state index contributed by atoms with van der Waals surface area (Å²) < 4.78 is 5.57. The summed E-state index contributed by atoms with van der Waals surface area (Å²) in [7, 11) is 0. The van der Waals surface area contributed by atoms with E-state index in [0.717, 1.165) is 18.4 Å². The molecule has 2 aliphatic heterocycles. The van der Waals surface area contributed by atoms with Gasteiger partial charge in [0.1, 0.15) is 12.6 Å². The Hall–Kier alpha value is -2.41. The SMILES string of the molecule is C[C@H]1OCC(=O)N(Cc2ccccc2)[C@@H]1C(=O)N1CCCC(CCC(=O)O)C1. The number of ether oxygens (including phenoxy) is 1.